The first-order valence-corrected chi connectivity index (χ1v) is 5.40. The van der Waals surface area contributed by atoms with Crippen molar-refractivity contribution >= 4 is 0 Å². The van der Waals surface area contributed by atoms with Crippen molar-refractivity contribution in [3.8, 4) is 0 Å². The van der Waals surface area contributed by atoms with E-state index >= 15 is 0 Å². The van der Waals surface area contributed by atoms with E-state index < -0.39 is 0 Å². The van der Waals surface area contributed by atoms with E-state index in [2.05, 4.69) is 60.4 Å². The van der Waals surface area contributed by atoms with Gasteiger partial charge in [0, 0.05) is 12.4 Å². The largest absolute Gasteiger partial charge is 0.299 e. The SMILES string of the molecule is CN(C)C(c1ccccc1)c1ccncc1. The molecule has 1 atom stereocenters. The van der Waals surface area contributed by atoms with Gasteiger partial charge in [0.2, 0.25) is 0 Å². The van der Waals surface area contributed by atoms with Crippen molar-refractivity contribution < 1.29 is 0 Å². The lowest BCUT2D eigenvalue weighted by molar-refractivity contribution is 0.342. The van der Waals surface area contributed by atoms with Crippen molar-refractivity contribution in [2.75, 3.05) is 14.1 Å². The molecule has 0 spiro atoms. The third kappa shape index (κ3) is 2.28. The van der Waals surface area contributed by atoms with Crippen LogP contribution in [0.5, 0.6) is 0 Å². The van der Waals surface area contributed by atoms with Crippen molar-refractivity contribution in [3.63, 3.8) is 0 Å². The number of hydrogen-bond acceptors (Lipinski definition) is 2. The Morgan fingerprint density at radius 3 is 2.00 bits per heavy atom. The van der Waals surface area contributed by atoms with Gasteiger partial charge in [-0.3, -0.25) is 9.88 Å². The quantitative estimate of drug-likeness (QED) is 0.777. The molecule has 0 fully saturated rings. The first-order chi connectivity index (χ1) is 7.79. The summed E-state index contributed by atoms with van der Waals surface area (Å²) in [6.07, 6.45) is 3.68. The van der Waals surface area contributed by atoms with Crippen LogP contribution in [0.1, 0.15) is 17.2 Å². The lowest BCUT2D eigenvalue weighted by Crippen LogP contribution is -2.20. The average Bonchev–Trinajstić information content (AvgIpc) is 2.31. The molecule has 0 aliphatic rings. The highest BCUT2D eigenvalue weighted by Crippen LogP contribution is 2.25. The highest BCUT2D eigenvalue weighted by molar-refractivity contribution is 5.30. The average molecular weight is 212 g/mol. The fourth-order valence-electron chi connectivity index (χ4n) is 1.97. The highest BCUT2D eigenvalue weighted by atomic mass is 15.1. The van der Waals surface area contributed by atoms with Crippen LogP contribution in [-0.4, -0.2) is 24.0 Å². The molecule has 2 heteroatoms. The Bertz CT molecular complexity index is 384. The summed E-state index contributed by atoms with van der Waals surface area (Å²) in [5.41, 5.74) is 2.57. The zero-order valence-corrected chi connectivity index (χ0v) is 9.67. The van der Waals surface area contributed by atoms with Crippen molar-refractivity contribution in [2.24, 2.45) is 0 Å². The second kappa shape index (κ2) is 4.90. The number of pyridine rings is 1. The summed E-state index contributed by atoms with van der Waals surface area (Å²) in [5.74, 6) is 0. The van der Waals surface area contributed by atoms with Crippen molar-refractivity contribution in [1.82, 2.24) is 9.88 Å². The Morgan fingerprint density at radius 1 is 0.875 bits per heavy atom. The molecule has 0 saturated carbocycles. The van der Waals surface area contributed by atoms with Gasteiger partial charge in [-0.1, -0.05) is 30.3 Å². The summed E-state index contributed by atoms with van der Waals surface area (Å²) in [6, 6.07) is 14.9. The van der Waals surface area contributed by atoms with Gasteiger partial charge in [0.15, 0.2) is 0 Å². The number of hydrogen-bond donors (Lipinski definition) is 0. The normalized spacial score (nSPS) is 12.7. The topological polar surface area (TPSA) is 16.1 Å². The standard InChI is InChI=1S/C14H16N2/c1-16(2)14(12-6-4-3-5-7-12)13-8-10-15-11-9-13/h3-11,14H,1-2H3. The van der Waals surface area contributed by atoms with E-state index in [9.17, 15) is 0 Å². The first-order valence-electron chi connectivity index (χ1n) is 5.40. The van der Waals surface area contributed by atoms with Crippen LogP contribution in [0.2, 0.25) is 0 Å². The molecule has 0 N–H and O–H groups in total. The molecule has 0 radical (unpaired) electrons. The third-order valence-electron chi connectivity index (χ3n) is 2.65. The van der Waals surface area contributed by atoms with Gasteiger partial charge in [0.1, 0.15) is 0 Å². The molecule has 1 aromatic heterocycles. The van der Waals surface area contributed by atoms with E-state index in [0.717, 1.165) is 0 Å². The second-order valence-electron chi connectivity index (χ2n) is 4.06. The molecule has 2 rings (SSSR count). The van der Waals surface area contributed by atoms with Gasteiger partial charge in [0.25, 0.3) is 0 Å². The molecule has 82 valence electrons. The summed E-state index contributed by atoms with van der Waals surface area (Å²) < 4.78 is 0. The van der Waals surface area contributed by atoms with E-state index in [0.29, 0.717) is 6.04 Å². The van der Waals surface area contributed by atoms with Gasteiger partial charge in [-0.15, -0.1) is 0 Å². The minimum Gasteiger partial charge on any atom is -0.299 e. The fraction of sp³-hybridized carbons (Fsp3) is 0.214. The Balaban J connectivity index is 2.40. The van der Waals surface area contributed by atoms with E-state index in [-0.39, 0.29) is 0 Å². The van der Waals surface area contributed by atoms with Crippen LogP contribution < -0.4 is 0 Å². The molecule has 1 aromatic carbocycles. The fourth-order valence-corrected chi connectivity index (χ4v) is 1.97. The molecule has 1 heterocycles. The molecule has 1 unspecified atom stereocenters. The summed E-state index contributed by atoms with van der Waals surface area (Å²) in [5, 5.41) is 0. The maximum atomic E-state index is 4.06. The summed E-state index contributed by atoms with van der Waals surface area (Å²) in [7, 11) is 4.19. The molecule has 16 heavy (non-hydrogen) atoms. The minimum absolute atomic E-state index is 0.296. The van der Waals surface area contributed by atoms with E-state index in [1.165, 1.54) is 11.1 Å². The monoisotopic (exact) mass is 212 g/mol. The lowest BCUT2D eigenvalue weighted by Gasteiger charge is -2.25. The number of benzene rings is 1. The first kappa shape index (κ1) is 10.8. The maximum Gasteiger partial charge on any atom is 0.0597 e. The van der Waals surface area contributed by atoms with Gasteiger partial charge in [0.05, 0.1) is 6.04 Å². The number of nitrogens with zero attached hydrogens (tertiary/aromatic N) is 2. The van der Waals surface area contributed by atoms with Crippen molar-refractivity contribution in [1.29, 1.82) is 0 Å². The van der Waals surface area contributed by atoms with Gasteiger partial charge >= 0.3 is 0 Å². The van der Waals surface area contributed by atoms with Gasteiger partial charge < -0.3 is 0 Å². The third-order valence-corrected chi connectivity index (χ3v) is 2.65. The molecular formula is C14H16N2. The van der Waals surface area contributed by atoms with Crippen LogP contribution in [0.4, 0.5) is 0 Å². The number of rotatable bonds is 3. The van der Waals surface area contributed by atoms with Crippen LogP contribution in [0, 0.1) is 0 Å². The van der Waals surface area contributed by atoms with Crippen LogP contribution in [-0.2, 0) is 0 Å². The second-order valence-corrected chi connectivity index (χ2v) is 4.06. The smallest absolute Gasteiger partial charge is 0.0597 e. The predicted octanol–water partition coefficient (Wildman–Crippen LogP) is 2.73. The molecule has 2 aromatic rings. The lowest BCUT2D eigenvalue weighted by atomic mass is 9.99. The van der Waals surface area contributed by atoms with Gasteiger partial charge in [-0.05, 0) is 37.4 Å². The molecule has 0 saturated heterocycles. The van der Waals surface area contributed by atoms with Crippen LogP contribution in [0.3, 0.4) is 0 Å². The van der Waals surface area contributed by atoms with Gasteiger partial charge in [-0.2, -0.15) is 0 Å². The van der Waals surface area contributed by atoms with E-state index in [4.69, 9.17) is 0 Å². The molecule has 0 aliphatic carbocycles. The van der Waals surface area contributed by atoms with Crippen LogP contribution in [0.25, 0.3) is 0 Å². The summed E-state index contributed by atoms with van der Waals surface area (Å²) in [6.45, 7) is 0. The number of aromatic nitrogens is 1. The maximum absolute atomic E-state index is 4.06. The van der Waals surface area contributed by atoms with Crippen molar-refractivity contribution in [2.45, 2.75) is 6.04 Å². The molecule has 0 bridgehead atoms. The zero-order valence-electron chi connectivity index (χ0n) is 9.67. The Morgan fingerprint density at radius 2 is 1.44 bits per heavy atom. The van der Waals surface area contributed by atoms with E-state index in [1.807, 2.05) is 18.5 Å². The summed E-state index contributed by atoms with van der Waals surface area (Å²) >= 11 is 0. The summed E-state index contributed by atoms with van der Waals surface area (Å²) in [4.78, 5) is 6.28. The molecule has 2 nitrogen and oxygen atoms in total. The highest BCUT2D eigenvalue weighted by Gasteiger charge is 2.15. The molecular weight excluding hydrogens is 196 g/mol. The molecule has 0 amide bonds. The van der Waals surface area contributed by atoms with Crippen LogP contribution >= 0.6 is 0 Å². The van der Waals surface area contributed by atoms with E-state index in [1.54, 1.807) is 0 Å². The Kier molecular flexibility index (Phi) is 3.32. The predicted molar refractivity (Wildman–Crippen MR) is 66.2 cm³/mol. The van der Waals surface area contributed by atoms with Gasteiger partial charge in [-0.25, -0.2) is 0 Å². The van der Waals surface area contributed by atoms with Crippen LogP contribution in [0.15, 0.2) is 54.9 Å². The Labute approximate surface area is 96.6 Å². The van der Waals surface area contributed by atoms with Crippen molar-refractivity contribution in [3.05, 3.63) is 66.0 Å². The minimum atomic E-state index is 0.296. The Hall–Kier alpha value is -1.67. The molecule has 0 aliphatic heterocycles. The zero-order chi connectivity index (χ0) is 11.4.